The van der Waals surface area contributed by atoms with Gasteiger partial charge in [-0.05, 0) is 43.5 Å². The van der Waals surface area contributed by atoms with Crippen molar-refractivity contribution in [2.75, 3.05) is 13.1 Å². The first kappa shape index (κ1) is 22.6. The van der Waals surface area contributed by atoms with Gasteiger partial charge in [0.05, 0.1) is 33.8 Å². The highest BCUT2D eigenvalue weighted by atomic mass is 35.5. The molecule has 0 atom stereocenters. The van der Waals surface area contributed by atoms with E-state index in [1.807, 2.05) is 29.2 Å². The topological polar surface area (TPSA) is 61.9 Å². The Morgan fingerprint density at radius 1 is 1.09 bits per heavy atom. The van der Waals surface area contributed by atoms with Gasteiger partial charge in [0.15, 0.2) is 0 Å². The molecule has 7 heteroatoms. The van der Waals surface area contributed by atoms with Crippen LogP contribution in [0.15, 0.2) is 67.1 Å². The molecule has 0 aliphatic carbocycles. The highest BCUT2D eigenvalue weighted by Crippen LogP contribution is 2.41. The lowest BCUT2D eigenvalue weighted by atomic mass is 9.97. The first-order valence-corrected chi connectivity index (χ1v) is 12.6. The van der Waals surface area contributed by atoms with E-state index < -0.39 is 0 Å². The maximum atomic E-state index is 12.6. The Balaban J connectivity index is 1.36. The number of hydrogen-bond donors (Lipinski definition) is 1. The minimum atomic E-state index is 0.0365. The van der Waals surface area contributed by atoms with Crippen molar-refractivity contribution in [3.63, 3.8) is 0 Å². The number of piperidine rings is 1. The summed E-state index contributed by atoms with van der Waals surface area (Å²) in [5.41, 5.74) is 5.31. The summed E-state index contributed by atoms with van der Waals surface area (Å²) >= 11 is 7.90. The van der Waals surface area contributed by atoms with E-state index in [-0.39, 0.29) is 5.91 Å². The van der Waals surface area contributed by atoms with E-state index in [2.05, 4.69) is 41.2 Å². The third kappa shape index (κ3) is 4.98. The van der Waals surface area contributed by atoms with E-state index in [0.717, 1.165) is 52.9 Å². The molecule has 34 heavy (non-hydrogen) atoms. The first-order chi connectivity index (χ1) is 16.6. The maximum Gasteiger partial charge on any atom is 0.246 e. The Morgan fingerprint density at radius 2 is 1.79 bits per heavy atom. The van der Waals surface area contributed by atoms with Crippen LogP contribution in [0.4, 0.5) is 0 Å². The minimum absolute atomic E-state index is 0.0365. The number of thiazole rings is 1. The molecule has 1 amide bonds. The molecule has 4 aromatic rings. The summed E-state index contributed by atoms with van der Waals surface area (Å²) in [6, 6.07) is 16.5. The van der Waals surface area contributed by atoms with Crippen molar-refractivity contribution in [2.45, 2.75) is 25.7 Å². The number of halogens is 1. The van der Waals surface area contributed by atoms with Crippen LogP contribution in [0.1, 0.15) is 35.0 Å². The molecule has 1 fully saturated rings. The van der Waals surface area contributed by atoms with E-state index in [9.17, 15) is 4.79 Å². The fourth-order valence-corrected chi connectivity index (χ4v) is 5.57. The number of aryl methyl sites for hydroxylation is 1. The Labute approximate surface area is 208 Å². The summed E-state index contributed by atoms with van der Waals surface area (Å²) in [6.45, 7) is 3.56. The van der Waals surface area contributed by atoms with Gasteiger partial charge >= 0.3 is 0 Å². The number of nitrogens with one attached hydrogen (secondary N) is 1. The number of hydrogen-bond acceptors (Lipinski definition) is 4. The predicted molar refractivity (Wildman–Crippen MR) is 139 cm³/mol. The number of likely N-dealkylation sites (tertiary alicyclic amines) is 1. The fourth-order valence-electron chi connectivity index (χ4n) is 4.19. The Kier molecular flexibility index (Phi) is 6.61. The molecule has 0 bridgehead atoms. The third-order valence-electron chi connectivity index (χ3n) is 6.16. The van der Waals surface area contributed by atoms with Crippen LogP contribution in [-0.2, 0) is 4.79 Å². The number of carbonyl (C=O) groups excluding carboxylic acids is 1. The number of amides is 1. The normalized spacial score (nSPS) is 14.7. The smallest absolute Gasteiger partial charge is 0.246 e. The van der Waals surface area contributed by atoms with E-state index in [0.29, 0.717) is 5.92 Å². The zero-order valence-corrected chi connectivity index (χ0v) is 20.4. The number of H-pyrrole nitrogens is 1. The third-order valence-corrected chi connectivity index (χ3v) is 7.67. The van der Waals surface area contributed by atoms with Gasteiger partial charge in [-0.2, -0.15) is 0 Å². The fraction of sp³-hybridized carbons (Fsp3) is 0.222. The molecule has 1 N–H and O–H groups in total. The molecule has 2 aromatic heterocycles. The monoisotopic (exact) mass is 488 g/mol. The van der Waals surface area contributed by atoms with Gasteiger partial charge in [-0.3, -0.25) is 4.79 Å². The van der Waals surface area contributed by atoms with Crippen molar-refractivity contribution in [2.24, 2.45) is 0 Å². The van der Waals surface area contributed by atoms with Crippen molar-refractivity contribution in [3.05, 3.63) is 88.4 Å². The zero-order chi connectivity index (χ0) is 23.5. The molecule has 5 rings (SSSR count). The Hall–Kier alpha value is -3.22. The molecule has 0 saturated carbocycles. The summed E-state index contributed by atoms with van der Waals surface area (Å²) in [5, 5.41) is 1.86. The lowest BCUT2D eigenvalue weighted by Gasteiger charge is -2.30. The average Bonchev–Trinajstić information content (AvgIpc) is 3.54. The molecule has 172 valence electrons. The minimum Gasteiger partial charge on any atom is -0.345 e. The standard InChI is InChI=1S/C27H25ClN4OS/c1-18-2-4-20(5-3-18)26-25(19-6-8-22(28)9-7-19)31-27(34-26)21-12-14-32(15-13-21)24(33)11-10-23-16-29-17-30-23/h2-11,16-17,21H,12-15H2,1H3,(H,29,30)/b11-10+. The van der Waals surface area contributed by atoms with Gasteiger partial charge in [-0.25, -0.2) is 9.97 Å². The SMILES string of the molecule is Cc1ccc(-c2sc(C3CCN(C(=O)/C=C/c4cnc[nH]4)CC3)nc2-c2ccc(Cl)cc2)cc1. The van der Waals surface area contributed by atoms with E-state index >= 15 is 0 Å². The Bertz CT molecular complexity index is 1220. The number of aromatic amines is 1. The van der Waals surface area contributed by atoms with Crippen LogP contribution < -0.4 is 0 Å². The van der Waals surface area contributed by atoms with Gasteiger partial charge in [0.25, 0.3) is 0 Å². The number of imidazole rings is 1. The van der Waals surface area contributed by atoms with Crippen LogP contribution in [0.5, 0.6) is 0 Å². The van der Waals surface area contributed by atoms with Crippen molar-refractivity contribution in [1.82, 2.24) is 19.9 Å². The van der Waals surface area contributed by atoms with Crippen molar-refractivity contribution in [3.8, 4) is 21.7 Å². The van der Waals surface area contributed by atoms with Crippen LogP contribution in [0.3, 0.4) is 0 Å². The van der Waals surface area contributed by atoms with E-state index in [4.69, 9.17) is 16.6 Å². The summed E-state index contributed by atoms with van der Waals surface area (Å²) in [5.74, 6) is 0.380. The zero-order valence-electron chi connectivity index (χ0n) is 18.9. The maximum absolute atomic E-state index is 12.6. The van der Waals surface area contributed by atoms with Crippen LogP contribution >= 0.6 is 22.9 Å². The van der Waals surface area contributed by atoms with Gasteiger partial charge < -0.3 is 9.88 Å². The number of nitrogens with zero attached hydrogens (tertiary/aromatic N) is 3. The summed E-state index contributed by atoms with van der Waals surface area (Å²) in [6.07, 6.45) is 8.50. The van der Waals surface area contributed by atoms with Crippen LogP contribution in [0.2, 0.25) is 5.02 Å². The lowest BCUT2D eigenvalue weighted by molar-refractivity contribution is -0.126. The van der Waals surface area contributed by atoms with Crippen molar-refractivity contribution in [1.29, 1.82) is 0 Å². The second kappa shape index (κ2) is 9.95. The molecule has 3 heterocycles. The average molecular weight is 489 g/mol. The number of benzene rings is 2. The molecule has 1 saturated heterocycles. The summed E-state index contributed by atoms with van der Waals surface area (Å²) in [7, 11) is 0. The Morgan fingerprint density at radius 3 is 2.47 bits per heavy atom. The van der Waals surface area contributed by atoms with Crippen LogP contribution in [0, 0.1) is 6.92 Å². The molecule has 0 unspecified atom stereocenters. The number of aromatic nitrogens is 3. The molecule has 2 aromatic carbocycles. The highest BCUT2D eigenvalue weighted by molar-refractivity contribution is 7.15. The number of rotatable bonds is 5. The molecule has 5 nitrogen and oxygen atoms in total. The van der Waals surface area contributed by atoms with Crippen molar-refractivity contribution >= 4 is 34.9 Å². The van der Waals surface area contributed by atoms with Gasteiger partial charge in [0, 0.05) is 35.7 Å². The summed E-state index contributed by atoms with van der Waals surface area (Å²) in [4.78, 5) is 27.8. The van der Waals surface area contributed by atoms with Crippen LogP contribution in [0.25, 0.3) is 27.8 Å². The second-order valence-corrected chi connectivity index (χ2v) is 10.0. The molecule has 0 spiro atoms. The van der Waals surface area contributed by atoms with Gasteiger partial charge in [0.1, 0.15) is 0 Å². The number of carbonyl (C=O) groups is 1. The second-order valence-electron chi connectivity index (χ2n) is 8.54. The quantitative estimate of drug-likeness (QED) is 0.323. The van der Waals surface area contributed by atoms with E-state index in [1.165, 1.54) is 16.0 Å². The van der Waals surface area contributed by atoms with Gasteiger partial charge in [0.2, 0.25) is 5.91 Å². The van der Waals surface area contributed by atoms with Crippen LogP contribution in [-0.4, -0.2) is 38.8 Å². The molecule has 1 aliphatic rings. The molecular weight excluding hydrogens is 464 g/mol. The van der Waals surface area contributed by atoms with Crippen molar-refractivity contribution < 1.29 is 4.79 Å². The van der Waals surface area contributed by atoms with Gasteiger partial charge in [-0.15, -0.1) is 11.3 Å². The highest BCUT2D eigenvalue weighted by Gasteiger charge is 2.27. The largest absolute Gasteiger partial charge is 0.345 e. The molecule has 0 radical (unpaired) electrons. The summed E-state index contributed by atoms with van der Waals surface area (Å²) < 4.78 is 0. The van der Waals surface area contributed by atoms with Gasteiger partial charge in [-0.1, -0.05) is 53.6 Å². The van der Waals surface area contributed by atoms with E-state index in [1.54, 1.807) is 36.0 Å². The molecular formula is C27H25ClN4OS. The predicted octanol–water partition coefficient (Wildman–Crippen LogP) is 6.58. The first-order valence-electron chi connectivity index (χ1n) is 11.4. The lowest BCUT2D eigenvalue weighted by Crippen LogP contribution is -2.36. The molecule has 1 aliphatic heterocycles.